The van der Waals surface area contributed by atoms with Gasteiger partial charge in [-0.3, -0.25) is 4.79 Å². The minimum atomic E-state index is -3.63. The van der Waals surface area contributed by atoms with Crippen LogP contribution in [0.5, 0.6) is 0 Å². The molecule has 2 aromatic carbocycles. The van der Waals surface area contributed by atoms with Crippen molar-refractivity contribution in [2.45, 2.75) is 13.0 Å². The van der Waals surface area contributed by atoms with Gasteiger partial charge in [-0.15, -0.1) is 0 Å². The summed E-state index contributed by atoms with van der Waals surface area (Å²) in [6.45, 7) is 1.37. The predicted molar refractivity (Wildman–Crippen MR) is 103 cm³/mol. The number of carbonyl (C=O) groups is 2. The topological polar surface area (TPSA) is 92.8 Å². The van der Waals surface area contributed by atoms with Gasteiger partial charge in [0.2, 0.25) is 15.9 Å². The lowest BCUT2D eigenvalue weighted by atomic mass is 10.1. The Kier molecular flexibility index (Phi) is 6.70. The monoisotopic (exact) mass is 390 g/mol. The molecule has 2 aromatic rings. The molecule has 8 heteroatoms. The van der Waals surface area contributed by atoms with Crippen LogP contribution >= 0.6 is 0 Å². The van der Waals surface area contributed by atoms with Crippen molar-refractivity contribution < 1.29 is 22.7 Å². The number of ether oxygens (including phenoxy) is 1. The number of hydrogen-bond acceptors (Lipinski definition) is 5. The molecule has 0 spiro atoms. The number of methoxy groups -OCH3 is 1. The first-order valence-electron chi connectivity index (χ1n) is 8.22. The second-order valence-electron chi connectivity index (χ2n) is 6.02. The van der Waals surface area contributed by atoms with Crippen LogP contribution in [0.2, 0.25) is 0 Å². The van der Waals surface area contributed by atoms with Gasteiger partial charge in [0.1, 0.15) is 0 Å². The highest BCUT2D eigenvalue weighted by Gasteiger charge is 2.27. The summed E-state index contributed by atoms with van der Waals surface area (Å²) in [5, 5.41) is 2.62. The van der Waals surface area contributed by atoms with E-state index in [2.05, 4.69) is 10.1 Å². The molecule has 0 saturated carbocycles. The Labute approximate surface area is 159 Å². The highest BCUT2D eigenvalue weighted by Crippen LogP contribution is 2.22. The first kappa shape index (κ1) is 20.6. The average Bonchev–Trinajstić information content (AvgIpc) is 2.65. The molecule has 1 unspecified atom stereocenters. The van der Waals surface area contributed by atoms with E-state index < -0.39 is 27.9 Å². The summed E-state index contributed by atoms with van der Waals surface area (Å²) in [4.78, 5) is 24.0. The lowest BCUT2D eigenvalue weighted by Gasteiger charge is -2.26. The van der Waals surface area contributed by atoms with Crippen LogP contribution in [0.1, 0.15) is 28.9 Å². The molecule has 0 bridgehead atoms. The van der Waals surface area contributed by atoms with Crippen LogP contribution in [0.3, 0.4) is 0 Å². The van der Waals surface area contributed by atoms with Crippen LogP contribution in [0.25, 0.3) is 0 Å². The van der Waals surface area contributed by atoms with Crippen molar-refractivity contribution in [2.24, 2.45) is 0 Å². The van der Waals surface area contributed by atoms with Crippen molar-refractivity contribution in [3.8, 4) is 0 Å². The first-order valence-corrected chi connectivity index (χ1v) is 10.1. The van der Waals surface area contributed by atoms with E-state index >= 15 is 0 Å². The summed E-state index contributed by atoms with van der Waals surface area (Å²) in [7, 11) is -2.36. The molecule has 7 nitrogen and oxygen atoms in total. The van der Waals surface area contributed by atoms with Crippen molar-refractivity contribution >= 4 is 27.6 Å². The van der Waals surface area contributed by atoms with Gasteiger partial charge in [0.25, 0.3) is 0 Å². The van der Waals surface area contributed by atoms with E-state index in [1.807, 2.05) is 18.2 Å². The molecule has 0 heterocycles. The molecule has 1 atom stereocenters. The molecule has 1 amide bonds. The Balaban J connectivity index is 2.16. The summed E-state index contributed by atoms with van der Waals surface area (Å²) in [5.74, 6) is -1.04. The minimum absolute atomic E-state index is 0.285. The van der Waals surface area contributed by atoms with Crippen LogP contribution in [0.15, 0.2) is 54.6 Å². The van der Waals surface area contributed by atoms with Gasteiger partial charge in [-0.25, -0.2) is 13.2 Å². The number of nitrogens with one attached hydrogen (secondary N) is 1. The molecule has 1 N–H and O–H groups in total. The molecule has 0 aliphatic rings. The molecular weight excluding hydrogens is 368 g/mol. The predicted octanol–water partition coefficient (Wildman–Crippen LogP) is 2.43. The number of amides is 1. The second-order valence-corrected chi connectivity index (χ2v) is 7.95. The lowest BCUT2D eigenvalue weighted by Crippen LogP contribution is -2.39. The summed E-state index contributed by atoms with van der Waals surface area (Å²) in [5.41, 5.74) is 1.44. The van der Waals surface area contributed by atoms with Crippen molar-refractivity contribution in [1.82, 2.24) is 4.31 Å². The van der Waals surface area contributed by atoms with E-state index in [0.717, 1.165) is 16.1 Å². The van der Waals surface area contributed by atoms with Crippen molar-refractivity contribution in [3.05, 3.63) is 65.7 Å². The van der Waals surface area contributed by atoms with E-state index in [4.69, 9.17) is 0 Å². The largest absolute Gasteiger partial charge is 0.465 e. The smallest absolute Gasteiger partial charge is 0.337 e. The van der Waals surface area contributed by atoms with E-state index in [1.54, 1.807) is 37.3 Å². The SMILES string of the molecule is COC(=O)c1cccc(NC(=O)CN(C(C)c2ccccc2)S(C)(=O)=O)c1. The number of esters is 1. The third-order valence-corrected chi connectivity index (χ3v) is 5.30. The average molecular weight is 390 g/mol. The van der Waals surface area contributed by atoms with Crippen LogP contribution in [-0.4, -0.2) is 44.5 Å². The quantitative estimate of drug-likeness (QED) is 0.733. The van der Waals surface area contributed by atoms with Gasteiger partial charge in [-0.2, -0.15) is 4.31 Å². The Morgan fingerprint density at radius 2 is 1.78 bits per heavy atom. The molecule has 0 fully saturated rings. The van der Waals surface area contributed by atoms with Gasteiger partial charge in [-0.1, -0.05) is 36.4 Å². The number of nitrogens with zero attached hydrogens (tertiary/aromatic N) is 1. The van der Waals surface area contributed by atoms with Crippen LogP contribution in [-0.2, 0) is 19.6 Å². The van der Waals surface area contributed by atoms with Gasteiger partial charge in [0.15, 0.2) is 0 Å². The summed E-state index contributed by atoms with van der Waals surface area (Å²) < 4.78 is 30.2. The molecule has 0 aliphatic carbocycles. The Morgan fingerprint density at radius 1 is 1.11 bits per heavy atom. The van der Waals surface area contributed by atoms with Crippen LogP contribution < -0.4 is 5.32 Å². The van der Waals surface area contributed by atoms with E-state index in [9.17, 15) is 18.0 Å². The molecule has 27 heavy (non-hydrogen) atoms. The van der Waals surface area contributed by atoms with Gasteiger partial charge < -0.3 is 10.1 Å². The summed E-state index contributed by atoms with van der Waals surface area (Å²) >= 11 is 0. The summed E-state index contributed by atoms with van der Waals surface area (Å²) in [6, 6.07) is 14.8. The molecule has 0 aliphatic heterocycles. The fourth-order valence-electron chi connectivity index (χ4n) is 2.62. The lowest BCUT2D eigenvalue weighted by molar-refractivity contribution is -0.116. The van der Waals surface area contributed by atoms with Crippen molar-refractivity contribution in [2.75, 3.05) is 25.2 Å². The second kappa shape index (κ2) is 8.79. The van der Waals surface area contributed by atoms with Crippen LogP contribution in [0.4, 0.5) is 5.69 Å². The van der Waals surface area contributed by atoms with Gasteiger partial charge in [0, 0.05) is 11.7 Å². The fourth-order valence-corrected chi connectivity index (χ4v) is 3.67. The van der Waals surface area contributed by atoms with E-state index in [-0.39, 0.29) is 12.1 Å². The third-order valence-electron chi connectivity index (χ3n) is 4.01. The highest BCUT2D eigenvalue weighted by molar-refractivity contribution is 7.88. The maximum absolute atomic E-state index is 12.4. The van der Waals surface area contributed by atoms with E-state index in [0.29, 0.717) is 5.69 Å². The molecule has 0 radical (unpaired) electrons. The maximum Gasteiger partial charge on any atom is 0.337 e. The minimum Gasteiger partial charge on any atom is -0.465 e. The number of rotatable bonds is 7. The molecule has 2 rings (SSSR count). The normalized spacial score (nSPS) is 12.4. The Hall–Kier alpha value is -2.71. The first-order chi connectivity index (χ1) is 12.7. The number of benzene rings is 2. The standard InChI is InChI=1S/C19H22N2O5S/c1-14(15-8-5-4-6-9-15)21(27(3,24)25)13-18(22)20-17-11-7-10-16(12-17)19(23)26-2/h4-12,14H,13H2,1-3H3,(H,20,22). The van der Waals surface area contributed by atoms with E-state index in [1.165, 1.54) is 13.2 Å². The van der Waals surface area contributed by atoms with Gasteiger partial charge >= 0.3 is 5.97 Å². The molecule has 0 aromatic heterocycles. The van der Waals surface area contributed by atoms with Crippen LogP contribution in [0, 0.1) is 0 Å². The highest BCUT2D eigenvalue weighted by atomic mass is 32.2. The molecular formula is C19H22N2O5S. The number of carbonyl (C=O) groups excluding carboxylic acids is 2. The summed E-state index contributed by atoms with van der Waals surface area (Å²) in [6.07, 6.45) is 1.07. The molecule has 144 valence electrons. The number of sulfonamides is 1. The van der Waals surface area contributed by atoms with Crippen molar-refractivity contribution in [1.29, 1.82) is 0 Å². The van der Waals surface area contributed by atoms with Crippen molar-refractivity contribution in [3.63, 3.8) is 0 Å². The fraction of sp³-hybridized carbons (Fsp3) is 0.263. The van der Waals surface area contributed by atoms with Gasteiger partial charge in [0.05, 0.1) is 25.5 Å². The zero-order chi connectivity index (χ0) is 20.0. The third kappa shape index (κ3) is 5.63. The molecule has 0 saturated heterocycles. The van der Waals surface area contributed by atoms with Gasteiger partial charge in [-0.05, 0) is 30.7 Å². The Bertz CT molecular complexity index is 913. The zero-order valence-electron chi connectivity index (χ0n) is 15.4. The maximum atomic E-state index is 12.4. The number of anilines is 1. The Morgan fingerprint density at radius 3 is 2.37 bits per heavy atom. The zero-order valence-corrected chi connectivity index (χ0v) is 16.2. The number of hydrogen-bond donors (Lipinski definition) is 1.